The maximum Gasteiger partial charge on any atom is 0.120 e. The van der Waals surface area contributed by atoms with Crippen LogP contribution in [0.25, 0.3) is 0 Å². The molecule has 0 spiro atoms. The molecule has 0 bridgehead atoms. The molecule has 2 aliphatic rings. The van der Waals surface area contributed by atoms with Gasteiger partial charge >= 0.3 is 0 Å². The number of aryl methyl sites for hydroxylation is 2. The third kappa shape index (κ3) is 2.95. The average molecular weight is 289 g/mol. The Hall–Kier alpha value is -1.06. The summed E-state index contributed by atoms with van der Waals surface area (Å²) in [7, 11) is 0. The van der Waals surface area contributed by atoms with E-state index in [1.807, 2.05) is 13.0 Å². The summed E-state index contributed by atoms with van der Waals surface area (Å²) in [6.07, 6.45) is 5.41. The van der Waals surface area contributed by atoms with Gasteiger partial charge in [0.15, 0.2) is 0 Å². The van der Waals surface area contributed by atoms with Crippen molar-refractivity contribution in [2.75, 3.05) is 13.1 Å². The number of hydrogen-bond donors (Lipinski definition) is 2. The number of likely N-dealkylation sites (tertiary alicyclic amines) is 1. The zero-order valence-corrected chi connectivity index (χ0v) is 13.2. The van der Waals surface area contributed by atoms with Gasteiger partial charge in [-0.3, -0.25) is 4.90 Å². The Morgan fingerprint density at radius 3 is 2.76 bits per heavy atom. The lowest BCUT2D eigenvalue weighted by molar-refractivity contribution is -0.0968. The standard InChI is InChI=1S/C18H27NO2/c1-13-9-15(17(20)10-14(13)2)11-19-8-7-18(21)6-4-3-5-16(18)12-19/h9-10,16,20-21H,3-8,11-12H2,1-2H3. The van der Waals surface area contributed by atoms with Crippen molar-refractivity contribution < 1.29 is 10.2 Å². The van der Waals surface area contributed by atoms with Crippen molar-refractivity contribution in [3.8, 4) is 5.75 Å². The van der Waals surface area contributed by atoms with Crippen molar-refractivity contribution in [1.82, 2.24) is 4.90 Å². The van der Waals surface area contributed by atoms with Crippen molar-refractivity contribution in [3.63, 3.8) is 0 Å². The van der Waals surface area contributed by atoms with Crippen LogP contribution in [0.15, 0.2) is 12.1 Å². The molecular formula is C18H27NO2. The minimum atomic E-state index is -0.417. The van der Waals surface area contributed by atoms with Crippen LogP contribution in [-0.2, 0) is 6.54 Å². The van der Waals surface area contributed by atoms with Gasteiger partial charge in [0.25, 0.3) is 0 Å². The van der Waals surface area contributed by atoms with Gasteiger partial charge in [-0.2, -0.15) is 0 Å². The number of phenolic OH excluding ortho intramolecular Hbond substituents is 1. The van der Waals surface area contributed by atoms with E-state index in [0.717, 1.165) is 50.0 Å². The van der Waals surface area contributed by atoms with Crippen LogP contribution < -0.4 is 0 Å². The Morgan fingerprint density at radius 2 is 1.95 bits per heavy atom. The van der Waals surface area contributed by atoms with Gasteiger partial charge in [0.05, 0.1) is 5.60 Å². The number of fused-ring (bicyclic) bond motifs is 1. The van der Waals surface area contributed by atoms with Crippen LogP contribution in [0.2, 0.25) is 0 Å². The fourth-order valence-corrected chi connectivity index (χ4v) is 4.01. The molecule has 3 heteroatoms. The maximum absolute atomic E-state index is 10.7. The van der Waals surface area contributed by atoms with Crippen LogP contribution >= 0.6 is 0 Å². The molecule has 3 rings (SSSR count). The number of aromatic hydroxyl groups is 1. The number of nitrogens with zero attached hydrogens (tertiary/aromatic N) is 1. The zero-order chi connectivity index (χ0) is 15.0. The molecule has 0 radical (unpaired) electrons. The lowest BCUT2D eigenvalue weighted by Gasteiger charge is -2.47. The maximum atomic E-state index is 10.7. The Morgan fingerprint density at radius 1 is 1.19 bits per heavy atom. The number of aliphatic hydroxyl groups is 1. The van der Waals surface area contributed by atoms with Crippen LogP contribution in [0, 0.1) is 19.8 Å². The smallest absolute Gasteiger partial charge is 0.120 e. The average Bonchev–Trinajstić information content (AvgIpc) is 2.45. The Bertz CT molecular complexity index is 528. The van der Waals surface area contributed by atoms with Crippen molar-refractivity contribution in [2.45, 2.75) is 58.1 Å². The first-order valence-electron chi connectivity index (χ1n) is 8.22. The number of phenols is 1. The lowest BCUT2D eigenvalue weighted by atomic mass is 9.71. The van der Waals surface area contributed by atoms with Crippen molar-refractivity contribution in [3.05, 3.63) is 28.8 Å². The van der Waals surface area contributed by atoms with E-state index in [1.165, 1.54) is 18.4 Å². The molecule has 2 N–H and O–H groups in total. The molecule has 116 valence electrons. The van der Waals surface area contributed by atoms with E-state index >= 15 is 0 Å². The van der Waals surface area contributed by atoms with Gasteiger partial charge < -0.3 is 10.2 Å². The van der Waals surface area contributed by atoms with Gasteiger partial charge in [0.2, 0.25) is 0 Å². The summed E-state index contributed by atoms with van der Waals surface area (Å²) in [6, 6.07) is 3.97. The second kappa shape index (κ2) is 5.62. The van der Waals surface area contributed by atoms with E-state index in [-0.39, 0.29) is 0 Å². The molecule has 1 saturated carbocycles. The van der Waals surface area contributed by atoms with Crippen LogP contribution in [-0.4, -0.2) is 33.8 Å². The molecule has 1 saturated heterocycles. The summed E-state index contributed by atoms with van der Waals surface area (Å²) in [4.78, 5) is 2.40. The molecule has 21 heavy (non-hydrogen) atoms. The SMILES string of the molecule is Cc1cc(O)c(CN2CCC3(O)CCCCC3C2)cc1C. The number of hydrogen-bond acceptors (Lipinski definition) is 3. The molecule has 1 aliphatic heterocycles. The molecule has 2 fully saturated rings. The summed E-state index contributed by atoms with van der Waals surface area (Å²) in [5.74, 6) is 0.816. The highest BCUT2D eigenvalue weighted by Crippen LogP contribution is 2.40. The second-order valence-corrected chi connectivity index (χ2v) is 7.10. The van der Waals surface area contributed by atoms with Crippen molar-refractivity contribution in [1.29, 1.82) is 0 Å². The minimum absolute atomic E-state index is 0.405. The van der Waals surface area contributed by atoms with E-state index in [0.29, 0.717) is 11.7 Å². The van der Waals surface area contributed by atoms with Crippen LogP contribution in [0.1, 0.15) is 48.8 Å². The number of piperidine rings is 1. The first kappa shape index (κ1) is 14.9. The first-order valence-corrected chi connectivity index (χ1v) is 8.22. The molecule has 1 aliphatic carbocycles. The molecule has 1 aromatic carbocycles. The summed E-state index contributed by atoms with van der Waals surface area (Å²) in [6.45, 7) is 6.80. The zero-order valence-electron chi connectivity index (χ0n) is 13.2. The van der Waals surface area contributed by atoms with Gasteiger partial charge in [0, 0.05) is 31.1 Å². The predicted molar refractivity (Wildman–Crippen MR) is 84.4 cm³/mol. The van der Waals surface area contributed by atoms with E-state index in [2.05, 4.69) is 17.9 Å². The highest BCUT2D eigenvalue weighted by molar-refractivity contribution is 5.40. The fourth-order valence-electron chi connectivity index (χ4n) is 4.01. The van der Waals surface area contributed by atoms with E-state index in [1.54, 1.807) is 0 Å². The Kier molecular flexibility index (Phi) is 3.98. The van der Waals surface area contributed by atoms with E-state index in [9.17, 15) is 10.2 Å². The molecule has 1 aromatic rings. The van der Waals surface area contributed by atoms with Crippen molar-refractivity contribution in [2.24, 2.45) is 5.92 Å². The molecule has 1 heterocycles. The van der Waals surface area contributed by atoms with Crippen LogP contribution in [0.5, 0.6) is 5.75 Å². The monoisotopic (exact) mass is 289 g/mol. The Labute approximate surface area is 127 Å². The van der Waals surface area contributed by atoms with E-state index < -0.39 is 5.60 Å². The molecule has 0 amide bonds. The summed E-state index contributed by atoms with van der Waals surface area (Å²) in [5, 5.41) is 20.9. The largest absolute Gasteiger partial charge is 0.508 e. The molecule has 3 nitrogen and oxygen atoms in total. The highest BCUT2D eigenvalue weighted by Gasteiger charge is 2.42. The summed E-state index contributed by atoms with van der Waals surface area (Å²) < 4.78 is 0. The predicted octanol–water partition coefficient (Wildman–Crippen LogP) is 3.14. The number of benzene rings is 1. The third-order valence-corrected chi connectivity index (χ3v) is 5.60. The van der Waals surface area contributed by atoms with Gasteiger partial charge in [0.1, 0.15) is 5.75 Å². The fraction of sp³-hybridized carbons (Fsp3) is 0.667. The molecule has 0 aromatic heterocycles. The van der Waals surface area contributed by atoms with Gasteiger partial charge in [-0.15, -0.1) is 0 Å². The normalized spacial score (nSPS) is 30.1. The third-order valence-electron chi connectivity index (χ3n) is 5.60. The minimum Gasteiger partial charge on any atom is -0.508 e. The van der Waals surface area contributed by atoms with Gasteiger partial charge in [-0.1, -0.05) is 18.9 Å². The summed E-state index contributed by atoms with van der Waals surface area (Å²) >= 11 is 0. The molecular weight excluding hydrogens is 262 g/mol. The quantitative estimate of drug-likeness (QED) is 0.879. The van der Waals surface area contributed by atoms with Gasteiger partial charge in [-0.05, 0) is 50.3 Å². The topological polar surface area (TPSA) is 43.7 Å². The van der Waals surface area contributed by atoms with E-state index in [4.69, 9.17) is 0 Å². The Balaban J connectivity index is 1.71. The van der Waals surface area contributed by atoms with Crippen LogP contribution in [0.4, 0.5) is 0 Å². The first-order chi connectivity index (χ1) is 9.98. The highest BCUT2D eigenvalue weighted by atomic mass is 16.3. The summed E-state index contributed by atoms with van der Waals surface area (Å²) in [5.41, 5.74) is 2.96. The number of rotatable bonds is 2. The molecule has 2 unspecified atom stereocenters. The lowest BCUT2D eigenvalue weighted by Crippen LogP contribution is -2.52. The molecule has 2 atom stereocenters. The van der Waals surface area contributed by atoms with Crippen molar-refractivity contribution >= 4 is 0 Å². The van der Waals surface area contributed by atoms with Gasteiger partial charge in [-0.25, -0.2) is 0 Å². The second-order valence-electron chi connectivity index (χ2n) is 7.10. The van der Waals surface area contributed by atoms with Crippen LogP contribution in [0.3, 0.4) is 0 Å².